The summed E-state index contributed by atoms with van der Waals surface area (Å²) in [7, 11) is -7.41. The van der Waals surface area contributed by atoms with Crippen LogP contribution in [0.1, 0.15) is 11.8 Å². The molecule has 1 atom stereocenters. The van der Waals surface area contributed by atoms with Crippen LogP contribution in [0, 0.1) is 5.92 Å². The van der Waals surface area contributed by atoms with Crippen LogP contribution < -0.4 is 9.03 Å². The van der Waals surface area contributed by atoms with E-state index in [1.807, 2.05) is 17.5 Å². The fourth-order valence-corrected chi connectivity index (χ4v) is 6.26. The summed E-state index contributed by atoms with van der Waals surface area (Å²) >= 11 is 1.56. The Hall–Kier alpha value is -1.75. The third-order valence-corrected chi connectivity index (χ3v) is 8.27. The molecule has 0 aliphatic carbocycles. The number of carbonyl (C=O) groups excluding carboxylic acids is 1. The van der Waals surface area contributed by atoms with Gasteiger partial charge in [-0.25, -0.2) is 25.9 Å². The van der Waals surface area contributed by atoms with Crippen molar-refractivity contribution in [1.82, 2.24) is 4.72 Å². The van der Waals surface area contributed by atoms with Gasteiger partial charge in [-0.15, -0.1) is 11.3 Å². The van der Waals surface area contributed by atoms with Crippen molar-refractivity contribution in [2.75, 3.05) is 16.6 Å². The van der Waals surface area contributed by atoms with Crippen molar-refractivity contribution in [2.24, 2.45) is 5.92 Å². The van der Waals surface area contributed by atoms with Gasteiger partial charge in [-0.2, -0.15) is 0 Å². The highest BCUT2D eigenvalue weighted by Crippen LogP contribution is 2.28. The van der Waals surface area contributed by atoms with Crippen LogP contribution >= 0.6 is 11.3 Å². The first-order valence-corrected chi connectivity index (χ1v) is 11.9. The predicted octanol–water partition coefficient (Wildman–Crippen LogP) is 1.58. The highest BCUT2D eigenvalue weighted by molar-refractivity contribution is 7.94. The standard InChI is InChI=1S/C16H18N2O5S3/c1-12-11-25(20,21)18(16(12)19)13-4-6-15(7-5-13)26(22,23)17-9-8-14-3-2-10-24-14/h2-7,10,12,17H,8-9,11H2,1H3/t12-/m1/s1. The van der Waals surface area contributed by atoms with E-state index in [9.17, 15) is 21.6 Å². The Labute approximate surface area is 156 Å². The molecule has 2 heterocycles. The number of benzene rings is 1. The normalized spacial score (nSPS) is 19.8. The van der Waals surface area contributed by atoms with E-state index in [0.717, 1.165) is 9.18 Å². The van der Waals surface area contributed by atoms with Gasteiger partial charge < -0.3 is 0 Å². The molecule has 1 fully saturated rings. The third-order valence-electron chi connectivity index (χ3n) is 3.99. The predicted molar refractivity (Wildman–Crippen MR) is 100 cm³/mol. The molecule has 7 nitrogen and oxygen atoms in total. The van der Waals surface area contributed by atoms with Gasteiger partial charge in [-0.05, 0) is 42.1 Å². The summed E-state index contributed by atoms with van der Waals surface area (Å²) in [4.78, 5) is 13.2. The molecular formula is C16H18N2O5S3. The zero-order valence-electron chi connectivity index (χ0n) is 14.0. The minimum absolute atomic E-state index is 0.0181. The SMILES string of the molecule is C[C@@H]1CS(=O)(=O)N(c2ccc(S(=O)(=O)NCCc3cccs3)cc2)C1=O. The van der Waals surface area contributed by atoms with Gasteiger partial charge in [-0.1, -0.05) is 13.0 Å². The topological polar surface area (TPSA) is 101 Å². The number of hydrogen-bond acceptors (Lipinski definition) is 6. The van der Waals surface area contributed by atoms with E-state index in [4.69, 9.17) is 0 Å². The molecule has 0 unspecified atom stereocenters. The number of thiophene rings is 1. The molecule has 26 heavy (non-hydrogen) atoms. The highest BCUT2D eigenvalue weighted by Gasteiger charge is 2.41. The van der Waals surface area contributed by atoms with Crippen LogP contribution in [0.3, 0.4) is 0 Å². The van der Waals surface area contributed by atoms with E-state index in [1.165, 1.54) is 24.3 Å². The van der Waals surface area contributed by atoms with E-state index < -0.39 is 31.9 Å². The lowest BCUT2D eigenvalue weighted by Gasteiger charge is -2.15. The van der Waals surface area contributed by atoms with E-state index >= 15 is 0 Å². The lowest BCUT2D eigenvalue weighted by molar-refractivity contribution is -0.119. The summed E-state index contributed by atoms with van der Waals surface area (Å²) in [6.07, 6.45) is 0.591. The quantitative estimate of drug-likeness (QED) is 0.773. The summed E-state index contributed by atoms with van der Waals surface area (Å²) in [6, 6.07) is 9.11. The lowest BCUT2D eigenvalue weighted by atomic mass is 10.2. The molecule has 1 aliphatic heterocycles. The van der Waals surface area contributed by atoms with Crippen LogP contribution in [0.2, 0.25) is 0 Å². The molecule has 0 radical (unpaired) electrons. The maximum Gasteiger partial charge on any atom is 0.244 e. The van der Waals surface area contributed by atoms with Crippen molar-refractivity contribution in [3.63, 3.8) is 0 Å². The highest BCUT2D eigenvalue weighted by atomic mass is 32.2. The summed E-state index contributed by atoms with van der Waals surface area (Å²) in [5, 5.41) is 1.93. The fourth-order valence-electron chi connectivity index (χ4n) is 2.69. The second-order valence-corrected chi connectivity index (χ2v) is 10.7. The van der Waals surface area contributed by atoms with E-state index in [2.05, 4.69) is 4.72 Å². The van der Waals surface area contributed by atoms with Crippen molar-refractivity contribution in [3.8, 4) is 0 Å². The Morgan fingerprint density at radius 3 is 2.46 bits per heavy atom. The van der Waals surface area contributed by atoms with Gasteiger partial charge in [0.25, 0.3) is 0 Å². The molecular weight excluding hydrogens is 396 g/mol. The first-order valence-electron chi connectivity index (χ1n) is 7.90. The van der Waals surface area contributed by atoms with Crippen molar-refractivity contribution in [3.05, 3.63) is 46.7 Å². The smallest absolute Gasteiger partial charge is 0.244 e. The average Bonchev–Trinajstić information content (AvgIpc) is 3.14. The second-order valence-electron chi connectivity index (χ2n) is 6.00. The van der Waals surface area contributed by atoms with Gasteiger partial charge >= 0.3 is 0 Å². The van der Waals surface area contributed by atoms with Gasteiger partial charge in [0, 0.05) is 11.4 Å². The Morgan fingerprint density at radius 2 is 1.92 bits per heavy atom. The number of anilines is 1. The van der Waals surface area contributed by atoms with Crippen LogP contribution in [0.4, 0.5) is 5.69 Å². The summed E-state index contributed by atoms with van der Waals surface area (Å²) < 4.78 is 52.1. The van der Waals surface area contributed by atoms with Crippen molar-refractivity contribution in [1.29, 1.82) is 0 Å². The summed E-state index contributed by atoms with van der Waals surface area (Å²) in [5.74, 6) is -1.35. The van der Waals surface area contributed by atoms with Crippen molar-refractivity contribution in [2.45, 2.75) is 18.2 Å². The van der Waals surface area contributed by atoms with Gasteiger partial charge in [0.15, 0.2) is 0 Å². The van der Waals surface area contributed by atoms with E-state index in [1.54, 1.807) is 18.3 Å². The first-order chi connectivity index (χ1) is 12.2. The molecule has 0 bridgehead atoms. The molecule has 2 aromatic rings. The zero-order chi connectivity index (χ0) is 18.9. The molecule has 1 aromatic heterocycles. The summed E-state index contributed by atoms with van der Waals surface area (Å²) in [5.41, 5.74) is 0.150. The van der Waals surface area contributed by atoms with Gasteiger partial charge in [-0.3, -0.25) is 4.79 Å². The Kier molecular flexibility index (Phi) is 5.20. The number of nitrogens with one attached hydrogen (secondary N) is 1. The molecule has 1 aromatic carbocycles. The van der Waals surface area contributed by atoms with Crippen LogP contribution in [0.25, 0.3) is 0 Å². The molecule has 1 saturated heterocycles. The maximum atomic E-state index is 12.3. The van der Waals surface area contributed by atoms with Crippen LogP contribution in [-0.4, -0.2) is 35.0 Å². The number of rotatable bonds is 6. The molecule has 10 heteroatoms. The van der Waals surface area contributed by atoms with Crippen LogP contribution in [0.5, 0.6) is 0 Å². The molecule has 1 N–H and O–H groups in total. The number of nitrogens with zero attached hydrogens (tertiary/aromatic N) is 1. The van der Waals surface area contributed by atoms with Crippen LogP contribution in [0.15, 0.2) is 46.7 Å². The van der Waals surface area contributed by atoms with Crippen molar-refractivity contribution < 1.29 is 21.6 Å². The fraction of sp³-hybridized carbons (Fsp3) is 0.312. The molecule has 0 saturated carbocycles. The van der Waals surface area contributed by atoms with Crippen LogP contribution in [-0.2, 0) is 31.3 Å². The number of sulfonamides is 2. The minimum Gasteiger partial charge on any atom is -0.273 e. The van der Waals surface area contributed by atoms with Gasteiger partial charge in [0.2, 0.25) is 26.0 Å². The minimum atomic E-state index is -3.71. The number of hydrogen-bond donors (Lipinski definition) is 1. The monoisotopic (exact) mass is 414 g/mol. The molecule has 1 amide bonds. The number of amides is 1. The molecule has 1 aliphatic rings. The number of carbonyl (C=O) groups is 1. The van der Waals surface area contributed by atoms with Gasteiger partial charge in [0.05, 0.1) is 22.3 Å². The largest absolute Gasteiger partial charge is 0.273 e. The molecule has 0 spiro atoms. The zero-order valence-corrected chi connectivity index (χ0v) is 16.4. The van der Waals surface area contributed by atoms with E-state index in [-0.39, 0.29) is 22.9 Å². The molecule has 140 valence electrons. The van der Waals surface area contributed by atoms with Crippen molar-refractivity contribution >= 4 is 43.0 Å². The average molecular weight is 415 g/mol. The van der Waals surface area contributed by atoms with E-state index in [0.29, 0.717) is 6.42 Å². The Morgan fingerprint density at radius 1 is 1.23 bits per heavy atom. The third kappa shape index (κ3) is 3.83. The second kappa shape index (κ2) is 7.10. The summed E-state index contributed by atoms with van der Waals surface area (Å²) in [6.45, 7) is 1.82. The maximum absolute atomic E-state index is 12.3. The first kappa shape index (κ1) is 19.0. The lowest BCUT2D eigenvalue weighted by Crippen LogP contribution is -2.30. The van der Waals surface area contributed by atoms with Gasteiger partial charge in [0.1, 0.15) is 0 Å². The Bertz CT molecular complexity index is 997. The molecule has 3 rings (SSSR count). The Balaban J connectivity index is 1.73.